The van der Waals surface area contributed by atoms with E-state index in [-0.39, 0.29) is 0 Å². The standard InChI is InChI=1S/C12H24N2/c1-2-11(9-13)14-8-7-10-5-3-4-6-12(10)14/h10-12H,2-9,13H2,1H3. The SMILES string of the molecule is CCC(CN)N1CCC2CCCCC21. The van der Waals surface area contributed by atoms with Crippen LogP contribution in [0, 0.1) is 5.92 Å². The van der Waals surface area contributed by atoms with E-state index in [0.717, 1.165) is 18.5 Å². The Hall–Kier alpha value is -0.0800. The van der Waals surface area contributed by atoms with Gasteiger partial charge in [0.05, 0.1) is 0 Å². The van der Waals surface area contributed by atoms with Gasteiger partial charge in [0.2, 0.25) is 0 Å². The molecule has 1 heterocycles. The number of rotatable bonds is 3. The van der Waals surface area contributed by atoms with Crippen LogP contribution >= 0.6 is 0 Å². The highest BCUT2D eigenvalue weighted by Crippen LogP contribution is 2.37. The molecule has 14 heavy (non-hydrogen) atoms. The molecule has 2 nitrogen and oxygen atoms in total. The van der Waals surface area contributed by atoms with Crippen LogP contribution < -0.4 is 5.73 Å². The van der Waals surface area contributed by atoms with Gasteiger partial charge in [0, 0.05) is 18.6 Å². The van der Waals surface area contributed by atoms with E-state index in [2.05, 4.69) is 11.8 Å². The molecule has 0 spiro atoms. The quantitative estimate of drug-likeness (QED) is 0.748. The third-order valence-corrected chi connectivity index (χ3v) is 4.27. The van der Waals surface area contributed by atoms with Crippen molar-refractivity contribution in [2.45, 2.75) is 57.5 Å². The number of nitrogens with zero attached hydrogens (tertiary/aromatic N) is 1. The maximum atomic E-state index is 5.84. The van der Waals surface area contributed by atoms with Crippen LogP contribution in [0.5, 0.6) is 0 Å². The Bertz CT molecular complexity index is 177. The minimum Gasteiger partial charge on any atom is -0.329 e. The monoisotopic (exact) mass is 196 g/mol. The van der Waals surface area contributed by atoms with Crippen LogP contribution in [0.15, 0.2) is 0 Å². The van der Waals surface area contributed by atoms with Gasteiger partial charge in [-0.2, -0.15) is 0 Å². The van der Waals surface area contributed by atoms with Gasteiger partial charge in [-0.3, -0.25) is 4.90 Å². The molecule has 0 bridgehead atoms. The van der Waals surface area contributed by atoms with Crippen LogP contribution in [0.2, 0.25) is 0 Å². The van der Waals surface area contributed by atoms with Gasteiger partial charge >= 0.3 is 0 Å². The molecule has 0 aromatic rings. The normalized spacial score (nSPS) is 35.6. The first-order chi connectivity index (χ1) is 6.86. The fourth-order valence-corrected chi connectivity index (χ4v) is 3.43. The zero-order valence-electron chi connectivity index (χ0n) is 9.41. The maximum absolute atomic E-state index is 5.84. The first kappa shape index (κ1) is 10.4. The maximum Gasteiger partial charge on any atom is 0.0218 e. The number of hydrogen-bond acceptors (Lipinski definition) is 2. The average molecular weight is 196 g/mol. The van der Waals surface area contributed by atoms with Gasteiger partial charge in [-0.1, -0.05) is 19.8 Å². The molecule has 2 aliphatic rings. The third kappa shape index (κ3) is 1.82. The topological polar surface area (TPSA) is 29.3 Å². The smallest absolute Gasteiger partial charge is 0.0218 e. The lowest BCUT2D eigenvalue weighted by molar-refractivity contribution is 0.132. The molecule has 2 fully saturated rings. The lowest BCUT2D eigenvalue weighted by Gasteiger charge is -2.36. The summed E-state index contributed by atoms with van der Waals surface area (Å²) in [5.41, 5.74) is 5.84. The molecule has 3 atom stereocenters. The number of likely N-dealkylation sites (tertiary alicyclic amines) is 1. The molecule has 0 amide bonds. The van der Waals surface area contributed by atoms with Crippen LogP contribution in [0.25, 0.3) is 0 Å². The van der Waals surface area contributed by atoms with Crippen molar-refractivity contribution in [1.82, 2.24) is 4.90 Å². The molecule has 1 saturated heterocycles. The summed E-state index contributed by atoms with van der Waals surface area (Å²) in [5, 5.41) is 0. The molecule has 2 heteroatoms. The van der Waals surface area contributed by atoms with E-state index in [4.69, 9.17) is 5.73 Å². The van der Waals surface area contributed by atoms with Crippen LogP contribution in [0.4, 0.5) is 0 Å². The Kier molecular flexibility index (Phi) is 3.45. The van der Waals surface area contributed by atoms with Gasteiger partial charge in [-0.05, 0) is 38.1 Å². The van der Waals surface area contributed by atoms with Crippen molar-refractivity contribution in [3.8, 4) is 0 Å². The summed E-state index contributed by atoms with van der Waals surface area (Å²) in [6.45, 7) is 4.43. The highest BCUT2D eigenvalue weighted by molar-refractivity contribution is 4.92. The van der Waals surface area contributed by atoms with Crippen LogP contribution in [-0.2, 0) is 0 Å². The minimum absolute atomic E-state index is 0.656. The van der Waals surface area contributed by atoms with E-state index < -0.39 is 0 Å². The van der Waals surface area contributed by atoms with Gasteiger partial charge in [0.15, 0.2) is 0 Å². The van der Waals surface area contributed by atoms with Crippen molar-refractivity contribution in [3.63, 3.8) is 0 Å². The second-order valence-electron chi connectivity index (χ2n) is 4.94. The summed E-state index contributed by atoms with van der Waals surface area (Å²) in [5.74, 6) is 1.00. The van der Waals surface area contributed by atoms with Crippen molar-refractivity contribution in [1.29, 1.82) is 0 Å². The molecule has 2 rings (SSSR count). The fourth-order valence-electron chi connectivity index (χ4n) is 3.43. The summed E-state index contributed by atoms with van der Waals surface area (Å²) in [4.78, 5) is 2.71. The van der Waals surface area contributed by atoms with E-state index in [0.29, 0.717) is 6.04 Å². The first-order valence-corrected chi connectivity index (χ1v) is 6.32. The molecule has 1 aliphatic heterocycles. The molecule has 3 unspecified atom stereocenters. The van der Waals surface area contributed by atoms with Crippen molar-refractivity contribution >= 4 is 0 Å². The average Bonchev–Trinajstić information content (AvgIpc) is 2.65. The first-order valence-electron chi connectivity index (χ1n) is 6.32. The molecule has 2 N–H and O–H groups in total. The van der Waals surface area contributed by atoms with Crippen molar-refractivity contribution in [2.24, 2.45) is 11.7 Å². The van der Waals surface area contributed by atoms with Crippen molar-refractivity contribution in [2.75, 3.05) is 13.1 Å². The van der Waals surface area contributed by atoms with E-state index in [1.54, 1.807) is 0 Å². The zero-order valence-corrected chi connectivity index (χ0v) is 9.41. The summed E-state index contributed by atoms with van der Waals surface area (Å²) in [6.07, 6.45) is 8.47. The summed E-state index contributed by atoms with van der Waals surface area (Å²) in [7, 11) is 0. The van der Waals surface area contributed by atoms with Gasteiger partial charge in [0.25, 0.3) is 0 Å². The van der Waals surface area contributed by atoms with Gasteiger partial charge in [0.1, 0.15) is 0 Å². The largest absolute Gasteiger partial charge is 0.329 e. The Morgan fingerprint density at radius 2 is 2.07 bits per heavy atom. The van der Waals surface area contributed by atoms with Gasteiger partial charge < -0.3 is 5.73 Å². The predicted molar refractivity (Wildman–Crippen MR) is 60.2 cm³/mol. The summed E-state index contributed by atoms with van der Waals surface area (Å²) < 4.78 is 0. The van der Waals surface area contributed by atoms with Crippen molar-refractivity contribution in [3.05, 3.63) is 0 Å². The van der Waals surface area contributed by atoms with E-state index in [9.17, 15) is 0 Å². The molecular formula is C12H24N2. The molecular weight excluding hydrogens is 172 g/mol. The summed E-state index contributed by atoms with van der Waals surface area (Å²) in [6, 6.07) is 1.54. The fraction of sp³-hybridized carbons (Fsp3) is 1.00. The summed E-state index contributed by atoms with van der Waals surface area (Å²) >= 11 is 0. The predicted octanol–water partition coefficient (Wildman–Crippen LogP) is 1.99. The lowest BCUT2D eigenvalue weighted by Crippen LogP contribution is -2.45. The minimum atomic E-state index is 0.656. The molecule has 1 saturated carbocycles. The third-order valence-electron chi connectivity index (χ3n) is 4.27. The van der Waals surface area contributed by atoms with E-state index in [1.807, 2.05) is 0 Å². The molecule has 0 aromatic carbocycles. The number of fused-ring (bicyclic) bond motifs is 1. The molecule has 1 aliphatic carbocycles. The highest BCUT2D eigenvalue weighted by atomic mass is 15.2. The second-order valence-corrected chi connectivity index (χ2v) is 4.94. The van der Waals surface area contributed by atoms with E-state index >= 15 is 0 Å². The Labute approximate surface area is 87.8 Å². The number of hydrogen-bond donors (Lipinski definition) is 1. The van der Waals surface area contributed by atoms with Gasteiger partial charge in [-0.25, -0.2) is 0 Å². The van der Waals surface area contributed by atoms with Crippen molar-refractivity contribution < 1.29 is 0 Å². The van der Waals surface area contributed by atoms with Crippen LogP contribution in [-0.4, -0.2) is 30.1 Å². The molecule has 0 aromatic heterocycles. The Morgan fingerprint density at radius 1 is 1.29 bits per heavy atom. The Morgan fingerprint density at radius 3 is 2.79 bits per heavy atom. The second kappa shape index (κ2) is 4.63. The number of nitrogens with two attached hydrogens (primary N) is 1. The van der Waals surface area contributed by atoms with Crippen LogP contribution in [0.3, 0.4) is 0 Å². The van der Waals surface area contributed by atoms with E-state index in [1.165, 1.54) is 45.1 Å². The molecule has 82 valence electrons. The van der Waals surface area contributed by atoms with Gasteiger partial charge in [-0.15, -0.1) is 0 Å². The lowest BCUT2D eigenvalue weighted by atomic mass is 9.85. The Balaban J connectivity index is 1.99. The zero-order chi connectivity index (χ0) is 9.97. The molecule has 0 radical (unpaired) electrons. The highest BCUT2D eigenvalue weighted by Gasteiger charge is 2.37. The van der Waals surface area contributed by atoms with Crippen LogP contribution in [0.1, 0.15) is 45.4 Å².